The zero-order valence-corrected chi connectivity index (χ0v) is 16.8. The van der Waals surface area contributed by atoms with Gasteiger partial charge < -0.3 is 4.90 Å². The highest BCUT2D eigenvalue weighted by molar-refractivity contribution is 7.93. The van der Waals surface area contributed by atoms with Crippen LogP contribution in [0, 0.1) is 5.92 Å². The van der Waals surface area contributed by atoms with Gasteiger partial charge in [-0.1, -0.05) is 42.5 Å². The molecule has 0 aromatic heterocycles. The second-order valence-corrected chi connectivity index (χ2v) is 9.44. The van der Waals surface area contributed by atoms with Crippen molar-refractivity contribution in [1.29, 1.82) is 0 Å². The lowest BCUT2D eigenvalue weighted by atomic mass is 10.0. The predicted octanol–water partition coefficient (Wildman–Crippen LogP) is 4.33. The van der Waals surface area contributed by atoms with Gasteiger partial charge in [-0.3, -0.25) is 9.52 Å². The molecule has 148 valence electrons. The summed E-state index contributed by atoms with van der Waals surface area (Å²) in [6.45, 7) is 0.696. The Hall–Kier alpha value is -2.86. The van der Waals surface area contributed by atoms with Gasteiger partial charge in [-0.05, 0) is 54.8 Å². The Labute approximate surface area is 170 Å². The fourth-order valence-electron chi connectivity index (χ4n) is 4.06. The predicted molar refractivity (Wildman–Crippen MR) is 115 cm³/mol. The molecule has 1 amide bonds. The van der Waals surface area contributed by atoms with E-state index in [2.05, 4.69) is 4.72 Å². The highest BCUT2D eigenvalue weighted by Gasteiger charge is 2.35. The van der Waals surface area contributed by atoms with Crippen LogP contribution in [0.3, 0.4) is 0 Å². The molecule has 1 heterocycles. The van der Waals surface area contributed by atoms with Gasteiger partial charge in [0.25, 0.3) is 10.0 Å². The van der Waals surface area contributed by atoms with Gasteiger partial charge in [-0.25, -0.2) is 8.42 Å². The Bertz CT molecular complexity index is 1210. The minimum absolute atomic E-state index is 0.136. The summed E-state index contributed by atoms with van der Waals surface area (Å²) in [4.78, 5) is 14.8. The summed E-state index contributed by atoms with van der Waals surface area (Å²) in [5, 5.41) is 1.56. The lowest BCUT2D eigenvalue weighted by molar-refractivity contribution is -0.119. The van der Waals surface area contributed by atoms with E-state index in [-0.39, 0.29) is 16.7 Å². The lowest BCUT2D eigenvalue weighted by Gasteiger charge is -2.30. The van der Waals surface area contributed by atoms with Gasteiger partial charge in [-0.2, -0.15) is 0 Å². The molecule has 2 aliphatic rings. The SMILES string of the molecule is O=C(C1CC1)N1CCCc2ccc(NS(=O)(=O)c3cccc4ccccc34)cc21. The summed E-state index contributed by atoms with van der Waals surface area (Å²) in [7, 11) is -3.76. The van der Waals surface area contributed by atoms with E-state index in [1.807, 2.05) is 41.3 Å². The minimum Gasteiger partial charge on any atom is -0.312 e. The molecule has 0 atom stereocenters. The number of nitrogens with one attached hydrogen (secondary N) is 1. The zero-order valence-electron chi connectivity index (χ0n) is 16.0. The van der Waals surface area contributed by atoms with Crippen LogP contribution in [-0.4, -0.2) is 20.9 Å². The summed E-state index contributed by atoms with van der Waals surface area (Å²) < 4.78 is 29.0. The quantitative estimate of drug-likeness (QED) is 0.701. The van der Waals surface area contributed by atoms with Gasteiger partial charge in [0.1, 0.15) is 0 Å². The maximum Gasteiger partial charge on any atom is 0.262 e. The Kier molecular flexibility index (Phi) is 4.32. The number of hydrogen-bond donors (Lipinski definition) is 1. The molecule has 1 saturated carbocycles. The Morgan fingerprint density at radius 1 is 1.00 bits per heavy atom. The monoisotopic (exact) mass is 406 g/mol. The normalized spacial score (nSPS) is 16.5. The average Bonchev–Trinajstić information content (AvgIpc) is 3.57. The Balaban J connectivity index is 1.50. The Morgan fingerprint density at radius 2 is 1.79 bits per heavy atom. The molecule has 6 heteroatoms. The molecule has 0 radical (unpaired) electrons. The topological polar surface area (TPSA) is 66.5 Å². The van der Waals surface area contributed by atoms with Crippen molar-refractivity contribution >= 4 is 38.1 Å². The molecule has 0 unspecified atom stereocenters. The van der Waals surface area contributed by atoms with Crippen molar-refractivity contribution in [1.82, 2.24) is 0 Å². The van der Waals surface area contributed by atoms with Crippen LogP contribution in [-0.2, 0) is 21.2 Å². The fourth-order valence-corrected chi connectivity index (χ4v) is 5.34. The Morgan fingerprint density at radius 3 is 2.62 bits per heavy atom. The molecule has 1 aliphatic heterocycles. The number of carbonyl (C=O) groups excluding carboxylic acids is 1. The summed E-state index contributed by atoms with van der Waals surface area (Å²) in [6.07, 6.45) is 3.75. The van der Waals surface area contributed by atoms with Gasteiger partial charge >= 0.3 is 0 Å². The number of benzene rings is 3. The van der Waals surface area contributed by atoms with E-state index >= 15 is 0 Å². The van der Waals surface area contributed by atoms with E-state index < -0.39 is 10.0 Å². The molecular formula is C23H22N2O3S. The summed E-state index contributed by atoms with van der Waals surface area (Å²) in [5.74, 6) is 0.303. The number of aryl methyl sites for hydroxylation is 1. The summed E-state index contributed by atoms with van der Waals surface area (Å²) in [6, 6.07) is 18.2. The maximum atomic E-state index is 13.1. The van der Waals surface area contributed by atoms with Crippen molar-refractivity contribution in [2.75, 3.05) is 16.2 Å². The minimum atomic E-state index is -3.76. The van der Waals surface area contributed by atoms with Crippen LogP contribution in [0.2, 0.25) is 0 Å². The van der Waals surface area contributed by atoms with E-state index in [9.17, 15) is 13.2 Å². The highest BCUT2D eigenvalue weighted by Crippen LogP contribution is 2.37. The largest absolute Gasteiger partial charge is 0.312 e. The van der Waals surface area contributed by atoms with Crippen LogP contribution in [0.1, 0.15) is 24.8 Å². The van der Waals surface area contributed by atoms with Gasteiger partial charge in [-0.15, -0.1) is 0 Å². The molecule has 1 aliphatic carbocycles. The molecule has 3 aromatic rings. The number of hydrogen-bond acceptors (Lipinski definition) is 3. The van der Waals surface area contributed by atoms with Gasteiger partial charge in [0.2, 0.25) is 5.91 Å². The van der Waals surface area contributed by atoms with E-state index in [1.165, 1.54) is 0 Å². The lowest BCUT2D eigenvalue weighted by Crippen LogP contribution is -2.36. The number of amides is 1. The van der Waals surface area contributed by atoms with Crippen LogP contribution < -0.4 is 9.62 Å². The smallest absolute Gasteiger partial charge is 0.262 e. The molecular weight excluding hydrogens is 384 g/mol. The van der Waals surface area contributed by atoms with E-state index in [4.69, 9.17) is 0 Å². The molecule has 5 nitrogen and oxygen atoms in total. The molecule has 1 N–H and O–H groups in total. The maximum absolute atomic E-state index is 13.1. The first-order valence-corrected chi connectivity index (χ1v) is 11.5. The van der Waals surface area contributed by atoms with Crippen molar-refractivity contribution in [2.45, 2.75) is 30.6 Å². The third-order valence-corrected chi connectivity index (χ3v) is 7.13. The van der Waals surface area contributed by atoms with E-state index in [0.717, 1.165) is 42.3 Å². The second-order valence-electron chi connectivity index (χ2n) is 7.79. The number of nitrogens with zero attached hydrogens (tertiary/aromatic N) is 1. The average molecular weight is 407 g/mol. The molecule has 5 rings (SSSR count). The highest BCUT2D eigenvalue weighted by atomic mass is 32.2. The number of sulfonamides is 1. The van der Waals surface area contributed by atoms with E-state index in [0.29, 0.717) is 17.6 Å². The van der Waals surface area contributed by atoms with E-state index in [1.54, 1.807) is 24.3 Å². The second kappa shape index (κ2) is 6.88. The standard InChI is InChI=1S/C23H22N2O3S/c26-23(18-10-11-18)25-14-4-7-17-12-13-19(15-21(17)25)24-29(27,28)22-9-3-6-16-5-1-2-8-20(16)22/h1-3,5-6,8-9,12-13,15,18,24H,4,7,10-11,14H2. The van der Waals surface area contributed by atoms with Crippen LogP contribution >= 0.6 is 0 Å². The van der Waals surface area contributed by atoms with Gasteiger partial charge in [0.05, 0.1) is 10.6 Å². The zero-order chi connectivity index (χ0) is 20.0. The molecule has 0 bridgehead atoms. The first kappa shape index (κ1) is 18.2. The molecule has 1 fully saturated rings. The fraction of sp³-hybridized carbons (Fsp3) is 0.261. The van der Waals surface area contributed by atoms with Crippen LogP contribution in [0.25, 0.3) is 10.8 Å². The van der Waals surface area contributed by atoms with Crippen molar-refractivity contribution in [3.05, 3.63) is 66.2 Å². The number of carbonyl (C=O) groups is 1. The first-order valence-electron chi connectivity index (χ1n) is 9.98. The van der Waals surface area contributed by atoms with Crippen LogP contribution in [0.15, 0.2) is 65.6 Å². The molecule has 29 heavy (non-hydrogen) atoms. The van der Waals surface area contributed by atoms with Gasteiger partial charge in [0.15, 0.2) is 0 Å². The first-order chi connectivity index (χ1) is 14.0. The van der Waals surface area contributed by atoms with Crippen LogP contribution in [0.5, 0.6) is 0 Å². The molecule has 0 saturated heterocycles. The summed E-state index contributed by atoms with van der Waals surface area (Å²) >= 11 is 0. The van der Waals surface area contributed by atoms with Crippen LogP contribution in [0.4, 0.5) is 11.4 Å². The molecule has 3 aromatic carbocycles. The summed E-state index contributed by atoms with van der Waals surface area (Å²) in [5.41, 5.74) is 2.41. The van der Waals surface area contributed by atoms with Crippen molar-refractivity contribution in [3.8, 4) is 0 Å². The molecule has 0 spiro atoms. The number of rotatable bonds is 4. The van der Waals surface area contributed by atoms with Gasteiger partial charge in [0, 0.05) is 23.5 Å². The third-order valence-electron chi connectivity index (χ3n) is 5.69. The van der Waals surface area contributed by atoms with Crippen molar-refractivity contribution in [2.24, 2.45) is 5.92 Å². The number of anilines is 2. The number of fused-ring (bicyclic) bond motifs is 2. The van der Waals surface area contributed by atoms with Crippen molar-refractivity contribution < 1.29 is 13.2 Å². The third kappa shape index (κ3) is 3.38. The van der Waals surface area contributed by atoms with Crippen molar-refractivity contribution in [3.63, 3.8) is 0 Å².